The number of piperazine rings is 1. The maximum atomic E-state index is 12.5. The van der Waals surface area contributed by atoms with Gasteiger partial charge < -0.3 is 15.3 Å². The first-order valence-corrected chi connectivity index (χ1v) is 16.0. The number of nitrogens with one attached hydrogen (secondary N) is 1. The summed E-state index contributed by atoms with van der Waals surface area (Å²) in [6.45, 7) is 9.80. The summed E-state index contributed by atoms with van der Waals surface area (Å²) in [4.78, 5) is 21.9. The molecule has 1 unspecified atom stereocenters. The van der Waals surface area contributed by atoms with E-state index >= 15 is 0 Å². The number of amides is 1. The monoisotopic (exact) mass is 530 g/mol. The van der Waals surface area contributed by atoms with E-state index < -0.39 is 0 Å². The third-order valence-corrected chi connectivity index (χ3v) is 8.23. The van der Waals surface area contributed by atoms with Crippen LogP contribution >= 0.6 is 0 Å². The molecule has 1 fully saturated rings. The highest BCUT2D eigenvalue weighted by Crippen LogP contribution is 2.17. The summed E-state index contributed by atoms with van der Waals surface area (Å²) in [5, 5.41) is 11.8. The molecule has 1 saturated heterocycles. The lowest BCUT2D eigenvalue weighted by atomic mass is 10.0. The molecule has 2 heterocycles. The first-order valence-electron chi connectivity index (χ1n) is 16.0. The zero-order valence-electron chi connectivity index (χ0n) is 24.8. The van der Waals surface area contributed by atoms with Crippen LogP contribution in [0, 0.1) is 0 Å². The van der Waals surface area contributed by atoms with Crippen LogP contribution in [0.25, 0.3) is 0 Å². The molecule has 2 rings (SSSR count). The average Bonchev–Trinajstić information content (AvgIpc) is 2.96. The fraction of sp³-hybridized carbons (Fsp3) is 0.812. The Morgan fingerprint density at radius 3 is 1.76 bits per heavy atom. The lowest BCUT2D eigenvalue weighted by Gasteiger charge is -2.38. The van der Waals surface area contributed by atoms with Crippen molar-refractivity contribution in [1.29, 1.82) is 0 Å². The predicted molar refractivity (Wildman–Crippen MR) is 161 cm³/mol. The highest BCUT2D eigenvalue weighted by molar-refractivity contribution is 5.94. The second-order valence-corrected chi connectivity index (χ2v) is 11.3. The highest BCUT2D eigenvalue weighted by atomic mass is 16.2. The van der Waals surface area contributed by atoms with E-state index in [1.807, 2.05) is 12.1 Å². The van der Waals surface area contributed by atoms with E-state index in [-0.39, 0.29) is 5.91 Å². The zero-order valence-corrected chi connectivity index (χ0v) is 24.8. The number of pyridine rings is 1. The number of anilines is 1. The Balaban J connectivity index is 1.40. The molecule has 0 saturated carbocycles. The molecule has 1 aromatic heterocycles. The van der Waals surface area contributed by atoms with E-state index in [0.717, 1.165) is 51.4 Å². The number of hydrogen-bond acceptors (Lipinski definition) is 5. The van der Waals surface area contributed by atoms with Gasteiger partial charge >= 0.3 is 0 Å². The number of nitrogens with zero attached hydrogens (tertiary/aromatic N) is 3. The van der Waals surface area contributed by atoms with Crippen molar-refractivity contribution >= 4 is 11.7 Å². The molecule has 1 aliphatic rings. The summed E-state index contributed by atoms with van der Waals surface area (Å²) in [7, 11) is 0. The Labute approximate surface area is 234 Å². The molecule has 1 aliphatic heterocycles. The van der Waals surface area contributed by atoms with Crippen LogP contribution in [0.4, 0.5) is 5.82 Å². The smallest absolute Gasteiger partial charge is 0.252 e. The van der Waals surface area contributed by atoms with Gasteiger partial charge in [-0.15, -0.1) is 0 Å². The SMILES string of the molecule is CCC(C)N1CCN(c2ccc(C(=O)NCCCCCCCCCCCCCCCCCCO)cn2)CC1. The van der Waals surface area contributed by atoms with Crippen molar-refractivity contribution in [2.75, 3.05) is 44.2 Å². The number of rotatable bonds is 22. The summed E-state index contributed by atoms with van der Waals surface area (Å²) in [5.41, 5.74) is 0.657. The molecule has 6 nitrogen and oxygen atoms in total. The van der Waals surface area contributed by atoms with E-state index in [1.54, 1.807) is 6.20 Å². The number of hydrogen-bond donors (Lipinski definition) is 2. The Morgan fingerprint density at radius 1 is 0.816 bits per heavy atom. The molecule has 1 aromatic rings. The van der Waals surface area contributed by atoms with Crippen molar-refractivity contribution in [2.24, 2.45) is 0 Å². The Bertz CT molecular complexity index is 704. The second-order valence-electron chi connectivity index (χ2n) is 11.3. The highest BCUT2D eigenvalue weighted by Gasteiger charge is 2.21. The summed E-state index contributed by atoms with van der Waals surface area (Å²) < 4.78 is 0. The minimum atomic E-state index is -0.00710. The van der Waals surface area contributed by atoms with Crippen molar-refractivity contribution in [3.63, 3.8) is 0 Å². The summed E-state index contributed by atoms with van der Waals surface area (Å²) in [6, 6.07) is 4.56. The van der Waals surface area contributed by atoms with Gasteiger partial charge in [-0.25, -0.2) is 4.98 Å². The van der Waals surface area contributed by atoms with Crippen molar-refractivity contribution in [3.05, 3.63) is 23.9 Å². The lowest BCUT2D eigenvalue weighted by Crippen LogP contribution is -2.49. The third kappa shape index (κ3) is 13.9. The largest absolute Gasteiger partial charge is 0.396 e. The Hall–Kier alpha value is -1.66. The molecule has 0 spiro atoms. The molecule has 6 heteroatoms. The first kappa shape index (κ1) is 32.6. The predicted octanol–water partition coefficient (Wildman–Crippen LogP) is 6.97. The van der Waals surface area contributed by atoms with Gasteiger partial charge in [-0.1, -0.05) is 96.8 Å². The van der Waals surface area contributed by atoms with Gasteiger partial charge in [0.05, 0.1) is 5.56 Å². The molecular weight excluding hydrogens is 472 g/mol. The van der Waals surface area contributed by atoms with Gasteiger partial charge in [-0.2, -0.15) is 0 Å². The van der Waals surface area contributed by atoms with E-state index in [9.17, 15) is 4.79 Å². The van der Waals surface area contributed by atoms with Gasteiger partial charge in [0.25, 0.3) is 5.91 Å². The van der Waals surface area contributed by atoms with E-state index in [0.29, 0.717) is 18.2 Å². The van der Waals surface area contributed by atoms with Crippen LogP contribution in [0.2, 0.25) is 0 Å². The maximum absolute atomic E-state index is 12.5. The summed E-state index contributed by atoms with van der Waals surface area (Å²) in [6.07, 6.45) is 23.6. The van der Waals surface area contributed by atoms with Crippen LogP contribution in [0.3, 0.4) is 0 Å². The van der Waals surface area contributed by atoms with Gasteiger partial charge in [-0.3, -0.25) is 9.69 Å². The quantitative estimate of drug-likeness (QED) is 0.159. The Kier molecular flexibility index (Phi) is 18.2. The molecular formula is C32H58N4O2. The molecule has 38 heavy (non-hydrogen) atoms. The minimum absolute atomic E-state index is 0.00710. The molecule has 0 radical (unpaired) electrons. The van der Waals surface area contributed by atoms with E-state index in [4.69, 9.17) is 5.11 Å². The number of aliphatic hydroxyl groups excluding tert-OH is 1. The van der Waals surface area contributed by atoms with Gasteiger partial charge in [0, 0.05) is 51.6 Å². The fourth-order valence-electron chi connectivity index (χ4n) is 5.37. The van der Waals surface area contributed by atoms with E-state index in [2.05, 4.69) is 33.9 Å². The zero-order chi connectivity index (χ0) is 27.3. The topological polar surface area (TPSA) is 68.7 Å². The molecule has 1 amide bonds. The van der Waals surface area contributed by atoms with Gasteiger partial charge in [0.15, 0.2) is 0 Å². The van der Waals surface area contributed by atoms with Crippen LogP contribution in [-0.2, 0) is 0 Å². The van der Waals surface area contributed by atoms with Gasteiger partial charge in [0.2, 0.25) is 0 Å². The van der Waals surface area contributed by atoms with Crippen LogP contribution in [0.5, 0.6) is 0 Å². The number of carbonyl (C=O) groups excluding carboxylic acids is 1. The lowest BCUT2D eigenvalue weighted by molar-refractivity contribution is 0.0952. The third-order valence-electron chi connectivity index (χ3n) is 8.23. The Morgan fingerprint density at radius 2 is 1.32 bits per heavy atom. The maximum Gasteiger partial charge on any atom is 0.252 e. The van der Waals surface area contributed by atoms with Crippen molar-refractivity contribution < 1.29 is 9.90 Å². The second kappa shape index (κ2) is 21.2. The molecule has 2 N–H and O–H groups in total. The van der Waals surface area contributed by atoms with Crippen molar-refractivity contribution in [2.45, 2.75) is 129 Å². The van der Waals surface area contributed by atoms with Crippen LogP contribution < -0.4 is 10.2 Å². The summed E-state index contributed by atoms with van der Waals surface area (Å²) >= 11 is 0. The number of unbranched alkanes of at least 4 members (excludes halogenated alkanes) is 15. The molecule has 1 atom stereocenters. The van der Waals surface area contributed by atoms with Gasteiger partial charge in [-0.05, 0) is 38.3 Å². The number of carbonyl (C=O) groups is 1. The van der Waals surface area contributed by atoms with E-state index in [1.165, 1.54) is 96.3 Å². The number of aromatic nitrogens is 1. The first-order chi connectivity index (χ1) is 18.7. The standard InChI is InChI=1S/C32H58N4O2/c1-3-29(2)35-23-25-36(26-24-35)31-21-20-30(28-34-31)32(38)33-22-18-16-14-12-10-8-6-4-5-7-9-11-13-15-17-19-27-37/h20-21,28-29,37H,3-19,22-27H2,1-2H3,(H,33,38). The minimum Gasteiger partial charge on any atom is -0.396 e. The molecule has 0 aromatic carbocycles. The van der Waals surface area contributed by atoms with Crippen LogP contribution in [0.1, 0.15) is 133 Å². The van der Waals surface area contributed by atoms with Gasteiger partial charge in [0.1, 0.15) is 5.82 Å². The molecule has 0 bridgehead atoms. The van der Waals surface area contributed by atoms with Crippen LogP contribution in [-0.4, -0.2) is 66.3 Å². The summed E-state index contributed by atoms with van der Waals surface area (Å²) in [5.74, 6) is 0.971. The normalized spacial score (nSPS) is 15.1. The molecule has 218 valence electrons. The number of aliphatic hydroxyl groups is 1. The van der Waals surface area contributed by atoms with Crippen molar-refractivity contribution in [1.82, 2.24) is 15.2 Å². The molecule has 0 aliphatic carbocycles. The average molecular weight is 531 g/mol. The van der Waals surface area contributed by atoms with Crippen LogP contribution in [0.15, 0.2) is 18.3 Å². The van der Waals surface area contributed by atoms with Crippen molar-refractivity contribution in [3.8, 4) is 0 Å². The fourth-order valence-corrected chi connectivity index (χ4v) is 5.37.